The number of halogens is 2. The maximum absolute atomic E-state index is 6.07. The zero-order chi connectivity index (χ0) is 13.2. The number of aromatic nitrogens is 2. The molecule has 0 amide bonds. The van der Waals surface area contributed by atoms with Crippen LogP contribution in [0.2, 0.25) is 5.02 Å². The molecule has 1 N–H and O–H groups in total. The van der Waals surface area contributed by atoms with Crippen LogP contribution in [-0.2, 0) is 0 Å². The predicted molar refractivity (Wildman–Crippen MR) is 77.0 cm³/mol. The summed E-state index contributed by atoms with van der Waals surface area (Å²) in [5, 5.41) is 8.10. The Morgan fingerprint density at radius 1 is 1.37 bits per heavy atom. The number of hydrogen-bond donors (Lipinski definition) is 1. The Labute approximate surface area is 124 Å². The Hall–Kier alpha value is -0.910. The lowest BCUT2D eigenvalue weighted by atomic mass is 10.0. The largest absolute Gasteiger partial charge is 0.334 e. The van der Waals surface area contributed by atoms with Crippen molar-refractivity contribution in [3.8, 4) is 11.5 Å². The fourth-order valence-corrected chi connectivity index (χ4v) is 2.62. The normalized spacial score (nSPS) is 19.6. The Balaban J connectivity index is 1.85. The highest BCUT2D eigenvalue weighted by Crippen LogP contribution is 2.29. The van der Waals surface area contributed by atoms with E-state index in [0.29, 0.717) is 10.9 Å². The molecule has 3 rings (SSSR count). The minimum Gasteiger partial charge on any atom is -0.334 e. The molecular formula is C13H13BrClN3O. The van der Waals surface area contributed by atoms with Crippen molar-refractivity contribution in [1.82, 2.24) is 15.5 Å². The minimum atomic E-state index is 0.206. The summed E-state index contributed by atoms with van der Waals surface area (Å²) in [7, 11) is 0. The van der Waals surface area contributed by atoms with Gasteiger partial charge in [-0.3, -0.25) is 0 Å². The van der Waals surface area contributed by atoms with Crippen LogP contribution in [-0.4, -0.2) is 16.7 Å². The highest BCUT2D eigenvalue weighted by molar-refractivity contribution is 9.10. The third kappa shape index (κ3) is 2.83. The predicted octanol–water partition coefficient (Wildman–Crippen LogP) is 3.97. The lowest BCUT2D eigenvalue weighted by Gasteiger charge is -2.19. The topological polar surface area (TPSA) is 51.0 Å². The van der Waals surface area contributed by atoms with Gasteiger partial charge in [0, 0.05) is 10.0 Å². The van der Waals surface area contributed by atoms with Gasteiger partial charge in [-0.05, 0) is 53.5 Å². The number of nitrogens with one attached hydrogen (secondary N) is 1. The lowest BCUT2D eigenvalue weighted by molar-refractivity contribution is 0.367. The molecule has 1 unspecified atom stereocenters. The monoisotopic (exact) mass is 341 g/mol. The molecule has 6 heteroatoms. The van der Waals surface area contributed by atoms with Crippen LogP contribution in [0, 0.1) is 0 Å². The standard InChI is InChI=1S/C13H13BrClN3O/c14-9-5-4-8(7-10(9)15)13-17-12(18-19-13)11-3-1-2-6-16-11/h4-5,7,11,16H,1-3,6H2. The summed E-state index contributed by atoms with van der Waals surface area (Å²) < 4.78 is 6.18. The number of nitrogens with zero attached hydrogens (tertiary/aromatic N) is 2. The molecule has 100 valence electrons. The van der Waals surface area contributed by atoms with Crippen molar-refractivity contribution in [2.45, 2.75) is 25.3 Å². The van der Waals surface area contributed by atoms with E-state index in [1.165, 1.54) is 12.8 Å². The van der Waals surface area contributed by atoms with Gasteiger partial charge in [-0.25, -0.2) is 0 Å². The van der Waals surface area contributed by atoms with Gasteiger partial charge in [0.05, 0.1) is 11.1 Å². The second-order valence-corrected chi connectivity index (χ2v) is 5.85. The van der Waals surface area contributed by atoms with Crippen LogP contribution >= 0.6 is 27.5 Å². The third-order valence-corrected chi connectivity index (χ3v) is 4.46. The summed E-state index contributed by atoms with van der Waals surface area (Å²) in [6.45, 7) is 1.01. The van der Waals surface area contributed by atoms with Crippen LogP contribution < -0.4 is 5.32 Å². The second kappa shape index (κ2) is 5.61. The van der Waals surface area contributed by atoms with E-state index in [1.54, 1.807) is 0 Å². The Morgan fingerprint density at radius 3 is 3.00 bits per heavy atom. The molecule has 2 aromatic rings. The first-order valence-electron chi connectivity index (χ1n) is 6.26. The summed E-state index contributed by atoms with van der Waals surface area (Å²) in [5.41, 5.74) is 0.836. The van der Waals surface area contributed by atoms with Gasteiger partial charge in [-0.2, -0.15) is 4.98 Å². The zero-order valence-electron chi connectivity index (χ0n) is 10.2. The van der Waals surface area contributed by atoms with Crippen LogP contribution in [0.5, 0.6) is 0 Å². The molecule has 19 heavy (non-hydrogen) atoms. The molecule has 0 radical (unpaired) electrons. The van der Waals surface area contributed by atoms with Gasteiger partial charge in [0.2, 0.25) is 0 Å². The van der Waals surface area contributed by atoms with E-state index in [1.807, 2.05) is 18.2 Å². The van der Waals surface area contributed by atoms with E-state index < -0.39 is 0 Å². The average Bonchev–Trinajstić information content (AvgIpc) is 2.93. The molecule has 2 heterocycles. The molecule has 1 aromatic heterocycles. The third-order valence-electron chi connectivity index (χ3n) is 3.23. The average molecular weight is 343 g/mol. The molecule has 0 aliphatic carbocycles. The second-order valence-electron chi connectivity index (χ2n) is 4.59. The summed E-state index contributed by atoms with van der Waals surface area (Å²) in [6, 6.07) is 5.80. The molecule has 4 nitrogen and oxygen atoms in total. The van der Waals surface area contributed by atoms with Crippen molar-refractivity contribution in [2.75, 3.05) is 6.54 Å². The van der Waals surface area contributed by atoms with Crippen LogP contribution in [0.15, 0.2) is 27.2 Å². The van der Waals surface area contributed by atoms with Crippen LogP contribution in [0.1, 0.15) is 31.1 Å². The van der Waals surface area contributed by atoms with Gasteiger partial charge in [0.1, 0.15) is 0 Å². The lowest BCUT2D eigenvalue weighted by Crippen LogP contribution is -2.27. The van der Waals surface area contributed by atoms with Gasteiger partial charge < -0.3 is 9.84 Å². The van der Waals surface area contributed by atoms with E-state index in [4.69, 9.17) is 16.1 Å². The van der Waals surface area contributed by atoms with Crippen molar-refractivity contribution in [1.29, 1.82) is 0 Å². The summed E-state index contributed by atoms with van der Waals surface area (Å²) in [5.74, 6) is 1.24. The SMILES string of the molecule is Clc1cc(-c2nc(C3CCCCN3)no2)ccc1Br. The molecule has 0 saturated carbocycles. The molecule has 1 aliphatic rings. The molecule has 0 bridgehead atoms. The number of piperidine rings is 1. The van der Waals surface area contributed by atoms with E-state index >= 15 is 0 Å². The van der Waals surface area contributed by atoms with Crippen molar-refractivity contribution >= 4 is 27.5 Å². The van der Waals surface area contributed by atoms with Gasteiger partial charge in [-0.15, -0.1) is 0 Å². The molecule has 1 aromatic carbocycles. The van der Waals surface area contributed by atoms with Crippen molar-refractivity contribution in [2.24, 2.45) is 0 Å². The molecule has 1 atom stereocenters. The number of benzene rings is 1. The number of hydrogen-bond acceptors (Lipinski definition) is 4. The molecule has 1 fully saturated rings. The van der Waals surface area contributed by atoms with Gasteiger partial charge in [0.25, 0.3) is 5.89 Å². The maximum atomic E-state index is 6.07. The summed E-state index contributed by atoms with van der Waals surface area (Å²) in [6.07, 6.45) is 3.47. The molecule has 0 spiro atoms. The maximum Gasteiger partial charge on any atom is 0.258 e. The highest BCUT2D eigenvalue weighted by atomic mass is 79.9. The Bertz CT molecular complexity index is 581. The number of rotatable bonds is 2. The molecular weight excluding hydrogens is 330 g/mol. The summed E-state index contributed by atoms with van der Waals surface area (Å²) in [4.78, 5) is 4.46. The van der Waals surface area contributed by atoms with Crippen LogP contribution in [0.3, 0.4) is 0 Å². The van der Waals surface area contributed by atoms with E-state index in [2.05, 4.69) is 31.4 Å². The zero-order valence-corrected chi connectivity index (χ0v) is 12.5. The Kier molecular flexibility index (Phi) is 3.86. The van der Waals surface area contributed by atoms with Gasteiger partial charge >= 0.3 is 0 Å². The van der Waals surface area contributed by atoms with Crippen LogP contribution in [0.4, 0.5) is 0 Å². The fraction of sp³-hybridized carbons (Fsp3) is 0.385. The van der Waals surface area contributed by atoms with E-state index in [0.717, 1.165) is 28.8 Å². The first kappa shape index (κ1) is 13.1. The first-order valence-corrected chi connectivity index (χ1v) is 7.43. The van der Waals surface area contributed by atoms with Gasteiger partial charge in [0.15, 0.2) is 5.82 Å². The molecule has 1 saturated heterocycles. The fourth-order valence-electron chi connectivity index (χ4n) is 2.20. The van der Waals surface area contributed by atoms with Crippen molar-refractivity contribution in [3.05, 3.63) is 33.5 Å². The van der Waals surface area contributed by atoms with E-state index in [9.17, 15) is 0 Å². The smallest absolute Gasteiger partial charge is 0.258 e. The Morgan fingerprint density at radius 2 is 2.26 bits per heavy atom. The van der Waals surface area contributed by atoms with Crippen LogP contribution in [0.25, 0.3) is 11.5 Å². The van der Waals surface area contributed by atoms with Gasteiger partial charge in [-0.1, -0.05) is 23.2 Å². The van der Waals surface area contributed by atoms with Crippen molar-refractivity contribution < 1.29 is 4.52 Å². The highest BCUT2D eigenvalue weighted by Gasteiger charge is 2.20. The van der Waals surface area contributed by atoms with E-state index in [-0.39, 0.29) is 6.04 Å². The summed E-state index contributed by atoms with van der Waals surface area (Å²) >= 11 is 9.43. The minimum absolute atomic E-state index is 0.206. The van der Waals surface area contributed by atoms with Crippen molar-refractivity contribution in [3.63, 3.8) is 0 Å². The quantitative estimate of drug-likeness (QED) is 0.897. The molecule has 1 aliphatic heterocycles. The first-order chi connectivity index (χ1) is 9.24.